The molecule has 0 aromatic heterocycles. The number of aliphatic carboxylic acids is 2. The van der Waals surface area contributed by atoms with Gasteiger partial charge in [0.25, 0.3) is 5.91 Å². The number of amides is 4. The van der Waals surface area contributed by atoms with Gasteiger partial charge in [0.2, 0.25) is 23.3 Å². The van der Waals surface area contributed by atoms with E-state index >= 15 is 0 Å². The smallest absolute Gasteiger partial charge is 0.381 e. The molecule has 20 nitrogen and oxygen atoms in total. The van der Waals surface area contributed by atoms with Gasteiger partial charge in [-0.2, -0.15) is 0 Å². The summed E-state index contributed by atoms with van der Waals surface area (Å²) in [5.41, 5.74) is 9.17. The number of benzene rings is 1. The predicted molar refractivity (Wildman–Crippen MR) is 186 cm³/mol. The second-order valence-corrected chi connectivity index (χ2v) is 13.5. The van der Waals surface area contributed by atoms with Gasteiger partial charge >= 0.3 is 17.8 Å². The molecule has 2 rings (SSSR count). The maximum Gasteiger partial charge on any atom is 0.381 e. The molecule has 20 heteroatoms. The Bertz CT molecular complexity index is 1550. The first kappa shape index (κ1) is 42.7. The number of nitrogens with two attached hydrogens (primary N) is 2. The quantitative estimate of drug-likeness (QED) is 0.0227. The second-order valence-electron chi connectivity index (χ2n) is 13.5. The van der Waals surface area contributed by atoms with Gasteiger partial charge in [-0.05, 0) is 56.9 Å². The first-order valence-electron chi connectivity index (χ1n) is 16.4. The fraction of sp³-hybridized carbons (Fsp3) is 0.562. The van der Waals surface area contributed by atoms with E-state index in [1.165, 1.54) is 38.1 Å². The van der Waals surface area contributed by atoms with Crippen LogP contribution in [0.3, 0.4) is 0 Å². The average Bonchev–Trinajstić information content (AvgIpc) is 3.17. The van der Waals surface area contributed by atoms with Gasteiger partial charge in [-0.3, -0.25) is 34.0 Å². The van der Waals surface area contributed by atoms with Crippen LogP contribution in [0.4, 0.5) is 0 Å². The fourth-order valence-electron chi connectivity index (χ4n) is 5.00. The number of ether oxygens (including phenoxy) is 1. The van der Waals surface area contributed by atoms with Crippen molar-refractivity contribution in [1.29, 1.82) is 0 Å². The molecule has 0 aliphatic carbocycles. The first-order valence-corrected chi connectivity index (χ1v) is 16.4. The molecule has 1 aliphatic heterocycles. The Morgan fingerprint density at radius 3 is 2.04 bits per heavy atom. The largest absolute Gasteiger partial charge is 0.624 e. The minimum Gasteiger partial charge on any atom is -0.624 e. The number of nitrogens with one attached hydrogen (secondary N) is 5. The zero-order valence-corrected chi connectivity index (χ0v) is 30.0. The number of nitrogens with zero attached hydrogens (tertiary/aromatic N) is 2. The van der Waals surface area contributed by atoms with Crippen molar-refractivity contribution in [3.63, 3.8) is 0 Å². The lowest BCUT2D eigenvalue weighted by atomic mass is 9.84. The molecule has 52 heavy (non-hydrogen) atoms. The molecule has 4 atom stereocenters. The molecule has 0 fully saturated rings. The summed E-state index contributed by atoms with van der Waals surface area (Å²) in [6, 6.07) is 1.80. The van der Waals surface area contributed by atoms with Crippen molar-refractivity contribution in [2.45, 2.75) is 90.0 Å². The van der Waals surface area contributed by atoms with E-state index in [1.807, 2.05) is 0 Å². The van der Waals surface area contributed by atoms with E-state index in [0.29, 0.717) is 10.3 Å². The van der Waals surface area contributed by atoms with Gasteiger partial charge in [-0.1, -0.05) is 13.8 Å². The fourth-order valence-corrected chi connectivity index (χ4v) is 5.00. The summed E-state index contributed by atoms with van der Waals surface area (Å²) < 4.78 is 6.24. The highest BCUT2D eigenvalue weighted by Crippen LogP contribution is 2.27. The molecule has 1 aromatic carbocycles. The van der Waals surface area contributed by atoms with Crippen molar-refractivity contribution >= 4 is 47.4 Å². The molecular formula is C32H49N9O11. The van der Waals surface area contributed by atoms with E-state index in [-0.39, 0.29) is 42.0 Å². The number of aliphatic imine (C=N–C) groups is 1. The minimum atomic E-state index is -1.65. The van der Waals surface area contributed by atoms with Gasteiger partial charge in [-0.15, -0.1) is 4.74 Å². The lowest BCUT2D eigenvalue weighted by molar-refractivity contribution is -0.805. The Balaban J connectivity index is 2.06. The van der Waals surface area contributed by atoms with E-state index in [9.17, 15) is 49.4 Å². The molecular weight excluding hydrogens is 686 g/mol. The molecule has 4 amide bonds. The van der Waals surface area contributed by atoms with Gasteiger partial charge < -0.3 is 58.1 Å². The lowest BCUT2D eigenvalue weighted by Gasteiger charge is -2.34. The van der Waals surface area contributed by atoms with E-state index in [1.54, 1.807) is 27.7 Å². The lowest BCUT2D eigenvalue weighted by Crippen LogP contribution is -3.17. The van der Waals surface area contributed by atoms with Crippen LogP contribution in [0.2, 0.25) is 0 Å². The van der Waals surface area contributed by atoms with Crippen molar-refractivity contribution in [3.8, 4) is 5.75 Å². The van der Waals surface area contributed by atoms with Crippen molar-refractivity contribution in [1.82, 2.24) is 21.3 Å². The summed E-state index contributed by atoms with van der Waals surface area (Å²) in [5.74, 6) is -6.84. The molecule has 0 saturated carbocycles. The molecule has 288 valence electrons. The monoisotopic (exact) mass is 735 g/mol. The summed E-state index contributed by atoms with van der Waals surface area (Å²) in [7, 11) is 0. The van der Waals surface area contributed by atoms with Crippen LogP contribution in [0.25, 0.3) is 0 Å². The van der Waals surface area contributed by atoms with E-state index in [0.717, 1.165) is 0 Å². The minimum absolute atomic E-state index is 0.0150. The third kappa shape index (κ3) is 11.3. The number of carboxylic acids is 2. The number of hydrogen-bond acceptors (Lipinski definition) is 10. The van der Waals surface area contributed by atoms with Crippen LogP contribution in [0.5, 0.6) is 5.75 Å². The number of carbonyl (C=O) groups excluding carboxylic acids is 4. The van der Waals surface area contributed by atoms with Crippen LogP contribution >= 0.6 is 0 Å². The molecule has 0 radical (unpaired) electrons. The zero-order valence-electron chi connectivity index (χ0n) is 30.0. The van der Waals surface area contributed by atoms with Crippen molar-refractivity contribution in [3.05, 3.63) is 40.2 Å². The van der Waals surface area contributed by atoms with Crippen LogP contribution in [-0.2, 0) is 28.8 Å². The maximum atomic E-state index is 13.1. The molecule has 1 aliphatic rings. The van der Waals surface area contributed by atoms with Gasteiger partial charge in [0.15, 0.2) is 18.1 Å². The Morgan fingerprint density at radius 1 is 0.942 bits per heavy atom. The van der Waals surface area contributed by atoms with Gasteiger partial charge in [0.1, 0.15) is 29.4 Å². The maximum absolute atomic E-state index is 13.1. The highest BCUT2D eigenvalue weighted by molar-refractivity contribution is 5.95. The second kappa shape index (κ2) is 18.1. The summed E-state index contributed by atoms with van der Waals surface area (Å²) in [6.45, 7) is 8.70. The Kier molecular flexibility index (Phi) is 14.9. The summed E-state index contributed by atoms with van der Waals surface area (Å²) in [5, 5.41) is 53.4. The highest BCUT2D eigenvalue weighted by atomic mass is 16.5. The van der Waals surface area contributed by atoms with Crippen LogP contribution in [0.15, 0.2) is 29.3 Å². The van der Waals surface area contributed by atoms with Gasteiger partial charge in [0, 0.05) is 20.4 Å². The van der Waals surface area contributed by atoms with Gasteiger partial charge in [-0.25, -0.2) is 4.79 Å². The number of carbonyl (C=O) groups is 6. The molecule has 1 aromatic rings. The molecule has 0 saturated heterocycles. The van der Waals surface area contributed by atoms with Crippen LogP contribution < -0.4 is 42.5 Å². The number of rotatable bonds is 19. The van der Waals surface area contributed by atoms with Crippen LogP contribution in [0.1, 0.15) is 66.4 Å². The highest BCUT2D eigenvalue weighted by Gasteiger charge is 2.60. The number of hydroxylamine groups is 3. The Morgan fingerprint density at radius 2 is 1.54 bits per heavy atom. The standard InChI is InChI=1S/C32H49N9O11/c1-17(2)25(29(48)49)39-27(47)21(14-24(44)45)38-22(42)15-36-26(46)20(8-7-13-35-30(33)34)37-23(43)16-52-19-11-9-18(10-12-19)28-40(50)31(3,4)32(5,6)41(28)51/h9-12,17,20-21,25,40H,7-8,13-16H2,1-6H3,(H,36,46)(H,37,43)(H,38,42)(H,39,47)(H,44,45)(H,48,49)(H4,33,34,35)/t20-,21-,25-/m0/s1. The predicted octanol–water partition coefficient (Wildman–Crippen LogP) is -2.88. The SMILES string of the molecule is CC(C)[C@H](NC(=O)[C@H](CC(=O)O)NC(=O)CNC(=O)[C@H](CCCN=C(N)N)NC(=O)COc1ccc(C2=[N+]([O-])C(C)(C)C(C)(C)[NH+]2[O-])cc1)C(=O)O. The van der Waals surface area contributed by atoms with E-state index in [2.05, 4.69) is 26.3 Å². The first-order chi connectivity index (χ1) is 24.1. The number of carboxylic acid groups (broad SMARTS) is 2. The van der Waals surface area contributed by atoms with Crippen LogP contribution in [0, 0.1) is 16.3 Å². The summed E-state index contributed by atoms with van der Waals surface area (Å²) in [6.07, 6.45) is -0.618. The average molecular weight is 736 g/mol. The van der Waals surface area contributed by atoms with Crippen molar-refractivity contribution in [2.24, 2.45) is 22.4 Å². The number of quaternary nitrogens is 1. The third-order valence-electron chi connectivity index (χ3n) is 8.80. The number of hydrogen-bond donors (Lipinski definition) is 9. The molecule has 0 bridgehead atoms. The topological polar surface area (TPSA) is 318 Å². The van der Waals surface area contributed by atoms with E-state index < -0.39 is 90.3 Å². The number of amidine groups is 1. The van der Waals surface area contributed by atoms with E-state index in [4.69, 9.17) is 16.2 Å². The third-order valence-corrected chi connectivity index (χ3v) is 8.80. The van der Waals surface area contributed by atoms with Crippen molar-refractivity contribution in [2.75, 3.05) is 19.7 Å². The molecule has 0 spiro atoms. The van der Waals surface area contributed by atoms with Crippen molar-refractivity contribution < 1.29 is 53.5 Å². The van der Waals surface area contributed by atoms with Gasteiger partial charge in [0.05, 0.1) is 13.0 Å². The molecule has 1 unspecified atom stereocenters. The Hall–Kier alpha value is -5.50. The molecule has 1 heterocycles. The van der Waals surface area contributed by atoms with Crippen LogP contribution in [-0.4, -0.2) is 111 Å². The summed E-state index contributed by atoms with van der Waals surface area (Å²) >= 11 is 0. The number of guanidine groups is 1. The molecule has 11 N–H and O–H groups in total. The normalized spacial score (nSPS) is 17.7. The zero-order chi connectivity index (χ0) is 39.6. The summed E-state index contributed by atoms with van der Waals surface area (Å²) in [4.78, 5) is 77.8. The Labute approximate surface area is 300 Å².